The molecule has 7 nitrogen and oxygen atoms in total. The minimum atomic E-state index is -1.06. The van der Waals surface area contributed by atoms with Gasteiger partial charge in [0, 0.05) is 11.9 Å². The van der Waals surface area contributed by atoms with Gasteiger partial charge in [-0.25, -0.2) is 0 Å². The molecule has 2 heterocycles. The molecule has 6 rings (SSSR count). The van der Waals surface area contributed by atoms with Crippen LogP contribution in [0.4, 0.5) is 0 Å². The lowest BCUT2D eigenvalue weighted by Gasteiger charge is -2.43. The van der Waals surface area contributed by atoms with Gasteiger partial charge >= 0.3 is 7.12 Å². The normalized spacial score (nSPS) is 24.4. The van der Waals surface area contributed by atoms with Crippen molar-refractivity contribution in [2.24, 2.45) is 17.8 Å². The first-order chi connectivity index (χ1) is 20.4. The number of fused-ring (bicyclic) bond motifs is 4. The Morgan fingerprint density at radius 1 is 1.00 bits per heavy atom. The summed E-state index contributed by atoms with van der Waals surface area (Å²) in [6.45, 7) is 2.13. The highest BCUT2D eigenvalue weighted by Gasteiger charge is 2.57. The number of aromatic hydroxyl groups is 1. The molecule has 2 fully saturated rings. The van der Waals surface area contributed by atoms with Gasteiger partial charge in [-0.3, -0.25) is 14.5 Å². The molecule has 0 bridgehead atoms. The van der Waals surface area contributed by atoms with Crippen LogP contribution in [0, 0.1) is 17.8 Å². The van der Waals surface area contributed by atoms with Crippen molar-refractivity contribution in [1.29, 1.82) is 0 Å². The third-order valence-corrected chi connectivity index (χ3v) is 9.12. The molecule has 3 N–H and O–H groups in total. The molecule has 3 aromatic carbocycles. The van der Waals surface area contributed by atoms with E-state index in [1.54, 1.807) is 6.07 Å². The van der Waals surface area contributed by atoms with Crippen LogP contribution in [0.1, 0.15) is 43.7 Å². The van der Waals surface area contributed by atoms with Gasteiger partial charge in [0.15, 0.2) is 0 Å². The Morgan fingerprint density at radius 2 is 1.74 bits per heavy atom. The Balaban J connectivity index is 1.35. The van der Waals surface area contributed by atoms with Crippen molar-refractivity contribution in [3.05, 3.63) is 89.0 Å². The Morgan fingerprint density at radius 3 is 2.48 bits per heavy atom. The zero-order valence-electron chi connectivity index (χ0n) is 23.8. The smallest absolute Gasteiger partial charge is 0.455 e. The standard InChI is InChI=1S/C34H36BNO6/c1-2-16-36-33(39)27-18-24(20-37)31-28(32(27)34(36)40)19-35(41)42-30(31)15-13-22(21-8-4-3-5-9-21)17-23-12-14-29(38)26-11-7-6-10-25(23)26/h3-12,14,17,27-28,30,32,37-38,41H,2,13,15-16,18-20H2,1H3/b22-17-/t27-,28+,30-,32-/m1/s1. The largest absolute Gasteiger partial charge is 0.507 e. The van der Waals surface area contributed by atoms with Crippen molar-refractivity contribution in [2.75, 3.05) is 13.2 Å². The third-order valence-electron chi connectivity index (χ3n) is 9.12. The molecule has 0 spiro atoms. The summed E-state index contributed by atoms with van der Waals surface area (Å²) in [4.78, 5) is 28.0. The second-order valence-electron chi connectivity index (χ2n) is 11.6. The van der Waals surface area contributed by atoms with Crippen molar-refractivity contribution in [1.82, 2.24) is 4.90 Å². The average Bonchev–Trinajstić information content (AvgIpc) is 3.25. The van der Waals surface area contributed by atoms with Crippen LogP contribution in [0.15, 0.2) is 77.9 Å². The van der Waals surface area contributed by atoms with Crippen LogP contribution < -0.4 is 0 Å². The lowest BCUT2D eigenvalue weighted by Crippen LogP contribution is -2.46. The minimum absolute atomic E-state index is 0.162. The number of phenolic OH excluding ortho intramolecular Hbond substituents is 1. The van der Waals surface area contributed by atoms with E-state index in [-0.39, 0.29) is 36.4 Å². The molecule has 42 heavy (non-hydrogen) atoms. The number of benzene rings is 3. The number of likely N-dealkylation sites (tertiary alicyclic amines) is 1. The number of carbonyl (C=O) groups excluding carboxylic acids is 2. The van der Waals surface area contributed by atoms with Crippen LogP contribution >= 0.6 is 0 Å². The summed E-state index contributed by atoms with van der Waals surface area (Å²) < 4.78 is 6.11. The number of hydrogen-bond donors (Lipinski definition) is 3. The summed E-state index contributed by atoms with van der Waals surface area (Å²) in [5, 5.41) is 33.4. The zero-order valence-corrected chi connectivity index (χ0v) is 23.8. The number of nitrogens with zero attached hydrogens (tertiary/aromatic N) is 1. The summed E-state index contributed by atoms with van der Waals surface area (Å²) >= 11 is 0. The summed E-state index contributed by atoms with van der Waals surface area (Å²) in [7, 11) is -1.06. The SMILES string of the molecule is CCCN1C(=O)[C@@H]2[C@@H](CC(CO)=C3[C@@H](CC/C(=C/c4ccc(O)c5ccccc45)c4ccccc4)OB(O)C[C@@H]32)C1=O. The Labute approximate surface area is 246 Å². The fraction of sp³-hybridized carbons (Fsp3) is 0.353. The van der Waals surface area contributed by atoms with Crippen LogP contribution in [0.2, 0.25) is 6.32 Å². The maximum atomic E-state index is 13.5. The first-order valence-corrected chi connectivity index (χ1v) is 14.9. The van der Waals surface area contributed by atoms with Gasteiger partial charge in [-0.2, -0.15) is 0 Å². The average molecular weight is 565 g/mol. The molecule has 216 valence electrons. The van der Waals surface area contributed by atoms with Gasteiger partial charge in [-0.05, 0) is 77.2 Å². The van der Waals surface area contributed by atoms with E-state index in [1.807, 2.05) is 55.5 Å². The number of phenols is 1. The molecule has 2 aliphatic heterocycles. The first-order valence-electron chi connectivity index (χ1n) is 14.9. The van der Waals surface area contributed by atoms with Crippen molar-refractivity contribution in [2.45, 2.75) is 45.0 Å². The van der Waals surface area contributed by atoms with Gasteiger partial charge in [0.2, 0.25) is 11.8 Å². The maximum absolute atomic E-state index is 13.5. The fourth-order valence-electron chi connectivity index (χ4n) is 7.28. The molecule has 2 amide bonds. The summed E-state index contributed by atoms with van der Waals surface area (Å²) in [5.74, 6) is -1.45. The second kappa shape index (κ2) is 11.9. The van der Waals surface area contributed by atoms with E-state index < -0.39 is 25.1 Å². The lowest BCUT2D eigenvalue weighted by atomic mass is 9.58. The van der Waals surface area contributed by atoms with E-state index >= 15 is 0 Å². The number of allylic oxidation sites excluding steroid dienone is 1. The number of rotatable bonds is 8. The van der Waals surface area contributed by atoms with E-state index in [9.17, 15) is 24.8 Å². The first kappa shape index (κ1) is 28.4. The van der Waals surface area contributed by atoms with Crippen LogP contribution in [0.5, 0.6) is 5.75 Å². The number of aliphatic hydroxyl groups excluding tert-OH is 1. The quantitative estimate of drug-likeness (QED) is 0.153. The highest BCUT2D eigenvalue weighted by molar-refractivity contribution is 6.43. The topological polar surface area (TPSA) is 107 Å². The maximum Gasteiger partial charge on any atom is 0.455 e. The predicted octanol–water partition coefficient (Wildman–Crippen LogP) is 5.07. The molecule has 1 aliphatic carbocycles. The molecule has 3 aliphatic rings. The van der Waals surface area contributed by atoms with Crippen molar-refractivity contribution in [3.63, 3.8) is 0 Å². The summed E-state index contributed by atoms with van der Waals surface area (Å²) in [6, 6.07) is 21.4. The fourth-order valence-corrected chi connectivity index (χ4v) is 7.28. The van der Waals surface area contributed by atoms with E-state index in [1.165, 1.54) is 4.90 Å². The van der Waals surface area contributed by atoms with Gasteiger partial charge < -0.3 is 19.9 Å². The highest BCUT2D eigenvalue weighted by Crippen LogP contribution is 2.50. The zero-order chi connectivity index (χ0) is 29.4. The van der Waals surface area contributed by atoms with Crippen LogP contribution in [-0.2, 0) is 14.2 Å². The summed E-state index contributed by atoms with van der Waals surface area (Å²) in [5.41, 5.74) is 4.73. The Hall–Kier alpha value is -3.72. The Bertz CT molecular complexity index is 1570. The van der Waals surface area contributed by atoms with Crippen LogP contribution in [0.3, 0.4) is 0 Å². The number of amides is 2. The van der Waals surface area contributed by atoms with E-state index in [0.29, 0.717) is 32.2 Å². The molecular weight excluding hydrogens is 529 g/mol. The van der Waals surface area contributed by atoms with Gasteiger partial charge in [0.05, 0.1) is 24.5 Å². The van der Waals surface area contributed by atoms with E-state index in [2.05, 4.69) is 18.2 Å². The number of carbonyl (C=O) groups is 2. The molecule has 4 atom stereocenters. The molecule has 0 aromatic heterocycles. The van der Waals surface area contributed by atoms with E-state index in [4.69, 9.17) is 4.65 Å². The van der Waals surface area contributed by atoms with Crippen molar-refractivity contribution >= 4 is 41.4 Å². The lowest BCUT2D eigenvalue weighted by molar-refractivity contribution is -0.140. The molecule has 8 heteroatoms. The van der Waals surface area contributed by atoms with Gasteiger partial charge in [0.1, 0.15) is 5.75 Å². The summed E-state index contributed by atoms with van der Waals surface area (Å²) in [6.07, 6.45) is 4.04. The van der Waals surface area contributed by atoms with Crippen molar-refractivity contribution in [3.8, 4) is 5.75 Å². The van der Waals surface area contributed by atoms with Crippen LogP contribution in [0.25, 0.3) is 22.4 Å². The number of imide groups is 1. The minimum Gasteiger partial charge on any atom is -0.507 e. The molecule has 0 radical (unpaired) electrons. The second-order valence-corrected chi connectivity index (χ2v) is 11.6. The van der Waals surface area contributed by atoms with Crippen molar-refractivity contribution < 1.29 is 29.5 Å². The number of aliphatic hydroxyl groups is 1. The van der Waals surface area contributed by atoms with E-state index in [0.717, 1.165) is 38.6 Å². The molecular formula is C34H36BNO6. The van der Waals surface area contributed by atoms with Gasteiger partial charge in [-0.1, -0.05) is 73.7 Å². The Kier molecular flexibility index (Phi) is 8.03. The monoisotopic (exact) mass is 565 g/mol. The van der Waals surface area contributed by atoms with Gasteiger partial charge in [-0.15, -0.1) is 0 Å². The molecule has 3 aromatic rings. The number of hydrogen-bond acceptors (Lipinski definition) is 6. The molecule has 2 saturated heterocycles. The predicted molar refractivity (Wildman–Crippen MR) is 163 cm³/mol. The third kappa shape index (κ3) is 5.08. The highest BCUT2D eigenvalue weighted by atomic mass is 16.5. The van der Waals surface area contributed by atoms with Crippen LogP contribution in [-0.4, -0.2) is 58.3 Å². The van der Waals surface area contributed by atoms with Gasteiger partial charge in [0.25, 0.3) is 0 Å². The molecule has 0 saturated carbocycles. The molecule has 0 unspecified atom stereocenters.